The van der Waals surface area contributed by atoms with Gasteiger partial charge in [0.05, 0.1) is 0 Å². The molecule has 0 spiro atoms. The van der Waals surface area contributed by atoms with Crippen LogP contribution in [0.4, 0.5) is 0 Å². The first-order chi connectivity index (χ1) is 6.75. The van der Waals surface area contributed by atoms with Crippen LogP contribution in [0.3, 0.4) is 0 Å². The van der Waals surface area contributed by atoms with Gasteiger partial charge in [-0.15, -0.1) is 24.8 Å². The van der Waals surface area contributed by atoms with Crippen molar-refractivity contribution >= 4 is 24.8 Å². The van der Waals surface area contributed by atoms with Crippen LogP contribution in [0.5, 0.6) is 0 Å². The standard InChI is InChI=1S/C11H17N3.2ClH/c1-8-6-9(2)14-11(13-8)10-4-3-5-12-7-10;;/h6,10,12H,3-5,7H2,1-2H3;2*1H. The number of rotatable bonds is 1. The summed E-state index contributed by atoms with van der Waals surface area (Å²) >= 11 is 0. The highest BCUT2D eigenvalue weighted by Crippen LogP contribution is 2.20. The maximum Gasteiger partial charge on any atom is 0.133 e. The number of aryl methyl sites for hydroxylation is 2. The molecule has 92 valence electrons. The normalized spacial score (nSPS) is 19.5. The molecule has 2 rings (SSSR count). The van der Waals surface area contributed by atoms with Crippen LogP contribution in [0.15, 0.2) is 6.07 Å². The quantitative estimate of drug-likeness (QED) is 0.846. The Morgan fingerprint density at radius 1 is 1.19 bits per heavy atom. The fourth-order valence-electron chi connectivity index (χ4n) is 2.01. The van der Waals surface area contributed by atoms with E-state index in [0.717, 1.165) is 30.3 Å². The average molecular weight is 264 g/mol. The van der Waals surface area contributed by atoms with E-state index >= 15 is 0 Å². The van der Waals surface area contributed by atoms with Crippen LogP contribution in [0.1, 0.15) is 36.0 Å². The minimum Gasteiger partial charge on any atom is -0.316 e. The van der Waals surface area contributed by atoms with E-state index in [9.17, 15) is 0 Å². The zero-order chi connectivity index (χ0) is 9.97. The van der Waals surface area contributed by atoms with Crippen molar-refractivity contribution in [2.45, 2.75) is 32.6 Å². The predicted molar refractivity (Wildman–Crippen MR) is 70.8 cm³/mol. The molecule has 0 aromatic carbocycles. The van der Waals surface area contributed by atoms with Gasteiger partial charge in [0.25, 0.3) is 0 Å². The summed E-state index contributed by atoms with van der Waals surface area (Å²) in [5.41, 5.74) is 2.16. The second-order valence-electron chi connectivity index (χ2n) is 4.05. The average Bonchev–Trinajstić information content (AvgIpc) is 2.18. The van der Waals surface area contributed by atoms with E-state index in [1.54, 1.807) is 0 Å². The Kier molecular flexibility index (Phi) is 6.88. The lowest BCUT2D eigenvalue weighted by molar-refractivity contribution is 0.445. The van der Waals surface area contributed by atoms with Crippen molar-refractivity contribution in [2.75, 3.05) is 13.1 Å². The second-order valence-corrected chi connectivity index (χ2v) is 4.05. The van der Waals surface area contributed by atoms with E-state index in [1.165, 1.54) is 12.8 Å². The van der Waals surface area contributed by atoms with Gasteiger partial charge in [0.15, 0.2) is 0 Å². The Bertz CT molecular complexity index is 305. The highest BCUT2D eigenvalue weighted by Gasteiger charge is 2.17. The number of piperidine rings is 1. The van der Waals surface area contributed by atoms with Gasteiger partial charge in [-0.2, -0.15) is 0 Å². The van der Waals surface area contributed by atoms with Crippen LogP contribution >= 0.6 is 24.8 Å². The molecule has 1 unspecified atom stereocenters. The van der Waals surface area contributed by atoms with Crippen molar-refractivity contribution in [1.82, 2.24) is 15.3 Å². The van der Waals surface area contributed by atoms with Crippen molar-refractivity contribution in [3.05, 3.63) is 23.3 Å². The fraction of sp³-hybridized carbons (Fsp3) is 0.636. The van der Waals surface area contributed by atoms with Gasteiger partial charge < -0.3 is 5.32 Å². The maximum atomic E-state index is 4.51. The molecular weight excluding hydrogens is 245 g/mol. The molecule has 0 bridgehead atoms. The topological polar surface area (TPSA) is 37.8 Å². The molecule has 0 amide bonds. The maximum absolute atomic E-state index is 4.51. The van der Waals surface area contributed by atoms with Gasteiger partial charge in [0.2, 0.25) is 0 Å². The van der Waals surface area contributed by atoms with Gasteiger partial charge >= 0.3 is 0 Å². The molecule has 1 N–H and O–H groups in total. The van der Waals surface area contributed by atoms with E-state index in [-0.39, 0.29) is 24.8 Å². The summed E-state index contributed by atoms with van der Waals surface area (Å²) in [6.07, 6.45) is 2.46. The van der Waals surface area contributed by atoms with E-state index in [2.05, 4.69) is 15.3 Å². The monoisotopic (exact) mass is 263 g/mol. The Labute approximate surface area is 109 Å². The third-order valence-corrected chi connectivity index (χ3v) is 2.66. The highest BCUT2D eigenvalue weighted by molar-refractivity contribution is 5.85. The van der Waals surface area contributed by atoms with Gasteiger partial charge in [0.1, 0.15) is 5.82 Å². The van der Waals surface area contributed by atoms with Crippen LogP contribution in [-0.2, 0) is 0 Å². The first-order valence-corrected chi connectivity index (χ1v) is 5.28. The lowest BCUT2D eigenvalue weighted by Gasteiger charge is -2.21. The van der Waals surface area contributed by atoms with Crippen molar-refractivity contribution in [3.63, 3.8) is 0 Å². The molecule has 1 aromatic heterocycles. The van der Waals surface area contributed by atoms with Crippen LogP contribution in [0, 0.1) is 13.8 Å². The van der Waals surface area contributed by atoms with Gasteiger partial charge in [-0.25, -0.2) is 9.97 Å². The van der Waals surface area contributed by atoms with Gasteiger partial charge in [-0.1, -0.05) is 0 Å². The van der Waals surface area contributed by atoms with E-state index in [0.29, 0.717) is 5.92 Å². The smallest absolute Gasteiger partial charge is 0.133 e. The molecule has 16 heavy (non-hydrogen) atoms. The zero-order valence-corrected chi connectivity index (χ0v) is 11.3. The number of hydrogen-bond donors (Lipinski definition) is 1. The number of aromatic nitrogens is 2. The van der Waals surface area contributed by atoms with Gasteiger partial charge in [-0.05, 0) is 39.3 Å². The number of nitrogens with zero attached hydrogens (tertiary/aromatic N) is 2. The third kappa shape index (κ3) is 3.89. The summed E-state index contributed by atoms with van der Waals surface area (Å²) in [5.74, 6) is 1.54. The van der Waals surface area contributed by atoms with E-state index in [1.807, 2.05) is 19.9 Å². The van der Waals surface area contributed by atoms with Crippen LogP contribution < -0.4 is 5.32 Å². The molecule has 0 saturated carbocycles. The number of nitrogens with one attached hydrogen (secondary N) is 1. The lowest BCUT2D eigenvalue weighted by atomic mass is 9.99. The Hall–Kier alpha value is -0.380. The van der Waals surface area contributed by atoms with Crippen molar-refractivity contribution in [3.8, 4) is 0 Å². The number of hydrogen-bond acceptors (Lipinski definition) is 3. The highest BCUT2D eigenvalue weighted by atomic mass is 35.5. The third-order valence-electron chi connectivity index (χ3n) is 2.66. The lowest BCUT2D eigenvalue weighted by Crippen LogP contribution is -2.29. The minimum atomic E-state index is 0. The molecule has 1 aromatic rings. The molecule has 1 saturated heterocycles. The molecule has 3 nitrogen and oxygen atoms in total. The summed E-state index contributed by atoms with van der Waals surface area (Å²) in [7, 11) is 0. The minimum absolute atomic E-state index is 0. The molecule has 1 aliphatic rings. The van der Waals surface area contributed by atoms with Crippen LogP contribution in [0.2, 0.25) is 0 Å². The number of halogens is 2. The van der Waals surface area contributed by atoms with E-state index in [4.69, 9.17) is 0 Å². The summed E-state index contributed by atoms with van der Waals surface area (Å²) in [6, 6.07) is 2.03. The Morgan fingerprint density at radius 2 is 1.81 bits per heavy atom. The van der Waals surface area contributed by atoms with E-state index < -0.39 is 0 Å². The molecule has 0 aliphatic carbocycles. The molecule has 2 heterocycles. The predicted octanol–water partition coefficient (Wildman–Crippen LogP) is 2.40. The summed E-state index contributed by atoms with van der Waals surface area (Å²) in [6.45, 7) is 6.24. The van der Waals surface area contributed by atoms with Crippen molar-refractivity contribution in [1.29, 1.82) is 0 Å². The fourth-order valence-corrected chi connectivity index (χ4v) is 2.01. The molecule has 1 fully saturated rings. The second kappa shape index (κ2) is 7.05. The largest absolute Gasteiger partial charge is 0.316 e. The summed E-state index contributed by atoms with van der Waals surface area (Å²) in [5, 5.41) is 3.39. The molecule has 1 atom stereocenters. The Morgan fingerprint density at radius 3 is 2.31 bits per heavy atom. The molecular formula is C11H19Cl2N3. The van der Waals surface area contributed by atoms with Gasteiger partial charge in [0, 0.05) is 23.9 Å². The summed E-state index contributed by atoms with van der Waals surface area (Å²) in [4.78, 5) is 9.01. The first kappa shape index (κ1) is 15.6. The van der Waals surface area contributed by atoms with Gasteiger partial charge in [-0.3, -0.25) is 0 Å². The molecule has 1 aliphatic heterocycles. The zero-order valence-electron chi connectivity index (χ0n) is 9.69. The van der Waals surface area contributed by atoms with Crippen LogP contribution in [0.25, 0.3) is 0 Å². The molecule has 0 radical (unpaired) electrons. The summed E-state index contributed by atoms with van der Waals surface area (Å²) < 4.78 is 0. The van der Waals surface area contributed by atoms with Crippen molar-refractivity contribution in [2.24, 2.45) is 0 Å². The first-order valence-electron chi connectivity index (χ1n) is 5.28. The Balaban J connectivity index is 0.00000112. The molecule has 5 heteroatoms. The SMILES string of the molecule is Cc1cc(C)nc(C2CCCNC2)n1.Cl.Cl. The van der Waals surface area contributed by atoms with Crippen LogP contribution in [-0.4, -0.2) is 23.1 Å². The van der Waals surface area contributed by atoms with Crippen molar-refractivity contribution < 1.29 is 0 Å².